The molecular weight excluding hydrogens is 356 g/mol. The number of nitrogens with zero attached hydrogens (tertiary/aromatic N) is 2. The molecule has 142 valence electrons. The molecule has 0 radical (unpaired) electrons. The van der Waals surface area contributed by atoms with Crippen LogP contribution in [0, 0.1) is 0 Å². The number of ether oxygens (including phenoxy) is 2. The Hall–Kier alpha value is -2.25. The summed E-state index contributed by atoms with van der Waals surface area (Å²) in [5.41, 5.74) is 2.55. The van der Waals surface area contributed by atoms with Crippen LogP contribution >= 0.6 is 12.4 Å². The Morgan fingerprint density at radius 2 is 2.00 bits per heavy atom. The Balaban J connectivity index is 0.00000243. The van der Waals surface area contributed by atoms with Crippen LogP contribution in [-0.2, 0) is 19.6 Å². The minimum Gasteiger partial charge on any atom is -0.490 e. The van der Waals surface area contributed by atoms with Gasteiger partial charge in [-0.05, 0) is 38.1 Å². The molecular formula is C18H25ClN4O3. The van der Waals surface area contributed by atoms with Crippen molar-refractivity contribution in [1.29, 1.82) is 0 Å². The van der Waals surface area contributed by atoms with E-state index in [2.05, 4.69) is 15.7 Å². The maximum Gasteiger partial charge on any atom is 0.251 e. The van der Waals surface area contributed by atoms with Crippen molar-refractivity contribution in [3.05, 3.63) is 41.2 Å². The monoisotopic (exact) mass is 380 g/mol. The number of carbonyl (C=O) groups excluding carboxylic acids is 1. The van der Waals surface area contributed by atoms with Crippen molar-refractivity contribution in [2.45, 2.75) is 33.5 Å². The molecule has 1 amide bonds. The van der Waals surface area contributed by atoms with Crippen LogP contribution in [0.3, 0.4) is 0 Å². The van der Waals surface area contributed by atoms with Gasteiger partial charge in [0.05, 0.1) is 37.7 Å². The van der Waals surface area contributed by atoms with E-state index in [0.29, 0.717) is 36.8 Å². The van der Waals surface area contributed by atoms with E-state index in [-0.39, 0.29) is 18.3 Å². The summed E-state index contributed by atoms with van der Waals surface area (Å²) in [6, 6.07) is 7.25. The molecule has 26 heavy (non-hydrogen) atoms. The van der Waals surface area contributed by atoms with Crippen LogP contribution in [0.2, 0.25) is 0 Å². The van der Waals surface area contributed by atoms with Gasteiger partial charge in [0, 0.05) is 18.7 Å². The lowest BCUT2D eigenvalue weighted by Gasteiger charge is -2.13. The number of benzene rings is 1. The predicted octanol–water partition coefficient (Wildman–Crippen LogP) is 2.14. The van der Waals surface area contributed by atoms with Gasteiger partial charge in [0.1, 0.15) is 0 Å². The molecule has 7 nitrogen and oxygen atoms in total. The molecule has 1 aromatic carbocycles. The zero-order chi connectivity index (χ0) is 17.6. The van der Waals surface area contributed by atoms with Gasteiger partial charge in [0.2, 0.25) is 0 Å². The summed E-state index contributed by atoms with van der Waals surface area (Å²) in [6.07, 6.45) is 0. The highest BCUT2D eigenvalue weighted by Gasteiger charge is 2.14. The number of aromatic nitrogens is 2. The highest BCUT2D eigenvalue weighted by Crippen LogP contribution is 2.28. The first-order valence-corrected chi connectivity index (χ1v) is 8.65. The zero-order valence-corrected chi connectivity index (χ0v) is 15.9. The maximum absolute atomic E-state index is 12.4. The van der Waals surface area contributed by atoms with Crippen LogP contribution in [0.15, 0.2) is 24.3 Å². The van der Waals surface area contributed by atoms with E-state index in [1.807, 2.05) is 24.6 Å². The van der Waals surface area contributed by atoms with E-state index in [1.165, 1.54) is 0 Å². The normalized spacial score (nSPS) is 12.7. The zero-order valence-electron chi connectivity index (χ0n) is 15.1. The van der Waals surface area contributed by atoms with Crippen molar-refractivity contribution >= 4 is 18.3 Å². The van der Waals surface area contributed by atoms with E-state index in [0.717, 1.165) is 31.0 Å². The molecule has 2 heterocycles. The lowest BCUT2D eigenvalue weighted by molar-refractivity contribution is 0.0950. The molecule has 0 spiro atoms. The fraction of sp³-hybridized carbons (Fsp3) is 0.444. The lowest BCUT2D eigenvalue weighted by Crippen LogP contribution is -2.28. The van der Waals surface area contributed by atoms with Crippen molar-refractivity contribution in [3.63, 3.8) is 0 Å². The third-order valence-corrected chi connectivity index (χ3v) is 3.96. The first kappa shape index (κ1) is 20.1. The number of halogens is 1. The van der Waals surface area contributed by atoms with Crippen LogP contribution in [-0.4, -0.2) is 35.4 Å². The van der Waals surface area contributed by atoms with Gasteiger partial charge < -0.3 is 20.1 Å². The summed E-state index contributed by atoms with van der Waals surface area (Å²) >= 11 is 0. The molecule has 0 fully saturated rings. The molecule has 0 unspecified atom stereocenters. The number of nitrogens with one attached hydrogen (secondary N) is 2. The van der Waals surface area contributed by atoms with Gasteiger partial charge in [-0.25, -0.2) is 0 Å². The van der Waals surface area contributed by atoms with Crippen molar-refractivity contribution in [1.82, 2.24) is 20.4 Å². The number of carbonyl (C=O) groups is 1. The van der Waals surface area contributed by atoms with Crippen LogP contribution < -0.4 is 20.1 Å². The van der Waals surface area contributed by atoms with E-state index >= 15 is 0 Å². The smallest absolute Gasteiger partial charge is 0.251 e. The van der Waals surface area contributed by atoms with Crippen LogP contribution in [0.5, 0.6) is 11.5 Å². The average molecular weight is 381 g/mol. The summed E-state index contributed by atoms with van der Waals surface area (Å²) in [5, 5.41) is 10.7. The van der Waals surface area contributed by atoms with Gasteiger partial charge >= 0.3 is 0 Å². The van der Waals surface area contributed by atoms with Gasteiger partial charge in [-0.15, -0.1) is 12.4 Å². The molecule has 1 aromatic heterocycles. The summed E-state index contributed by atoms with van der Waals surface area (Å²) in [4.78, 5) is 12.4. The fourth-order valence-corrected chi connectivity index (χ4v) is 2.80. The summed E-state index contributed by atoms with van der Waals surface area (Å²) in [6.45, 7) is 7.87. The Morgan fingerprint density at radius 3 is 2.73 bits per heavy atom. The van der Waals surface area contributed by atoms with Crippen LogP contribution in [0.1, 0.15) is 35.6 Å². The van der Waals surface area contributed by atoms with Crippen molar-refractivity contribution < 1.29 is 14.3 Å². The first-order valence-electron chi connectivity index (χ1n) is 8.65. The highest BCUT2D eigenvalue weighted by molar-refractivity contribution is 5.94. The minimum absolute atomic E-state index is 0. The molecule has 2 aromatic rings. The summed E-state index contributed by atoms with van der Waals surface area (Å²) in [5.74, 6) is 1.07. The second-order valence-corrected chi connectivity index (χ2v) is 5.74. The molecule has 1 aliphatic rings. The number of rotatable bonds is 7. The summed E-state index contributed by atoms with van der Waals surface area (Å²) < 4.78 is 13.1. The van der Waals surface area contributed by atoms with Crippen LogP contribution in [0.4, 0.5) is 0 Å². The summed E-state index contributed by atoms with van der Waals surface area (Å²) in [7, 11) is 0. The Kier molecular flexibility index (Phi) is 7.29. The van der Waals surface area contributed by atoms with E-state index in [4.69, 9.17) is 9.47 Å². The molecule has 0 atom stereocenters. The standard InChI is InChI=1S/C18H24N4O3.ClH/c1-3-24-16-6-5-13(9-17(16)25-4-2)18(23)20-11-14-10-15-12-19-7-8-22(15)21-14;/h5-6,9-10,19H,3-4,7-8,11-12H2,1-2H3,(H,20,23);1H. The predicted molar refractivity (Wildman–Crippen MR) is 101 cm³/mol. The third-order valence-electron chi connectivity index (χ3n) is 3.96. The molecule has 1 aliphatic heterocycles. The fourth-order valence-electron chi connectivity index (χ4n) is 2.80. The van der Waals surface area contributed by atoms with E-state index in [1.54, 1.807) is 18.2 Å². The van der Waals surface area contributed by atoms with Gasteiger partial charge in [0.15, 0.2) is 11.5 Å². The van der Waals surface area contributed by atoms with Gasteiger partial charge in [0.25, 0.3) is 5.91 Å². The van der Waals surface area contributed by atoms with Crippen molar-refractivity contribution in [2.24, 2.45) is 0 Å². The largest absolute Gasteiger partial charge is 0.490 e. The number of hydrogen-bond donors (Lipinski definition) is 2. The van der Waals surface area contributed by atoms with E-state index in [9.17, 15) is 4.79 Å². The van der Waals surface area contributed by atoms with E-state index < -0.39 is 0 Å². The molecule has 0 saturated heterocycles. The Bertz CT molecular complexity index is 725. The van der Waals surface area contributed by atoms with Gasteiger partial charge in [-0.1, -0.05) is 0 Å². The minimum atomic E-state index is -0.159. The Morgan fingerprint density at radius 1 is 1.23 bits per heavy atom. The Labute approximate surface area is 159 Å². The maximum atomic E-state index is 12.4. The first-order chi connectivity index (χ1) is 12.2. The topological polar surface area (TPSA) is 77.4 Å². The number of hydrogen-bond acceptors (Lipinski definition) is 5. The molecule has 0 saturated carbocycles. The van der Waals surface area contributed by atoms with Crippen molar-refractivity contribution in [2.75, 3.05) is 19.8 Å². The highest BCUT2D eigenvalue weighted by atomic mass is 35.5. The van der Waals surface area contributed by atoms with Crippen molar-refractivity contribution in [3.8, 4) is 11.5 Å². The SMILES string of the molecule is CCOc1ccc(C(=O)NCc2cc3n(n2)CCNC3)cc1OCC.Cl. The second kappa shape index (κ2) is 9.45. The third kappa shape index (κ3) is 4.68. The number of fused-ring (bicyclic) bond motifs is 1. The number of amides is 1. The van der Waals surface area contributed by atoms with Gasteiger partial charge in [-0.3, -0.25) is 9.48 Å². The average Bonchev–Trinajstić information content (AvgIpc) is 3.04. The second-order valence-electron chi connectivity index (χ2n) is 5.74. The van der Waals surface area contributed by atoms with Crippen LogP contribution in [0.25, 0.3) is 0 Å². The molecule has 2 N–H and O–H groups in total. The molecule has 0 bridgehead atoms. The molecule has 0 aliphatic carbocycles. The molecule has 8 heteroatoms. The van der Waals surface area contributed by atoms with Gasteiger partial charge in [-0.2, -0.15) is 5.10 Å². The molecule has 3 rings (SSSR count). The lowest BCUT2D eigenvalue weighted by atomic mass is 10.2. The quantitative estimate of drug-likeness (QED) is 0.769.